The molecular formula is C15H18Cl3N3. The number of rotatable bonds is 6. The number of aryl methyl sites for hydroxylation is 1. The van der Waals surface area contributed by atoms with Crippen molar-refractivity contribution in [2.24, 2.45) is 0 Å². The molecule has 0 fully saturated rings. The number of halogens is 3. The highest BCUT2D eigenvalue weighted by Gasteiger charge is 2.19. The van der Waals surface area contributed by atoms with Crippen molar-refractivity contribution in [2.45, 2.75) is 32.4 Å². The van der Waals surface area contributed by atoms with E-state index in [9.17, 15) is 0 Å². The van der Waals surface area contributed by atoms with Crippen molar-refractivity contribution in [2.75, 3.05) is 7.05 Å². The van der Waals surface area contributed by atoms with E-state index in [4.69, 9.17) is 34.8 Å². The van der Waals surface area contributed by atoms with E-state index in [1.165, 1.54) is 0 Å². The van der Waals surface area contributed by atoms with Gasteiger partial charge < -0.3 is 5.32 Å². The molecule has 0 saturated heterocycles. The minimum Gasteiger partial charge on any atom is -0.311 e. The first-order chi connectivity index (χ1) is 10.1. The van der Waals surface area contributed by atoms with E-state index in [1.54, 1.807) is 6.20 Å². The summed E-state index contributed by atoms with van der Waals surface area (Å²) in [5.74, 6) is 0. The Balaban J connectivity index is 2.27. The van der Waals surface area contributed by atoms with Crippen molar-refractivity contribution in [3.63, 3.8) is 0 Å². The van der Waals surface area contributed by atoms with E-state index in [2.05, 4.69) is 17.3 Å². The fraction of sp³-hybridized carbons (Fsp3) is 0.400. The fourth-order valence-corrected chi connectivity index (χ4v) is 2.94. The van der Waals surface area contributed by atoms with Crippen molar-refractivity contribution in [3.05, 3.63) is 50.7 Å². The molecule has 1 heterocycles. The molecule has 0 spiro atoms. The molecule has 2 rings (SSSR count). The summed E-state index contributed by atoms with van der Waals surface area (Å²) >= 11 is 18.3. The second-order valence-electron chi connectivity index (χ2n) is 4.89. The third kappa shape index (κ3) is 3.92. The van der Waals surface area contributed by atoms with Gasteiger partial charge in [0, 0.05) is 6.54 Å². The molecule has 0 aliphatic heterocycles. The summed E-state index contributed by atoms with van der Waals surface area (Å²) in [6.07, 6.45) is 3.47. The van der Waals surface area contributed by atoms with Gasteiger partial charge in [0.1, 0.15) is 0 Å². The third-order valence-electron chi connectivity index (χ3n) is 3.37. The summed E-state index contributed by atoms with van der Waals surface area (Å²) in [6.45, 7) is 2.97. The molecule has 1 aromatic carbocycles. The van der Waals surface area contributed by atoms with Crippen molar-refractivity contribution in [3.8, 4) is 0 Å². The Morgan fingerprint density at radius 3 is 2.57 bits per heavy atom. The van der Waals surface area contributed by atoms with E-state index in [0.29, 0.717) is 15.1 Å². The summed E-state index contributed by atoms with van der Waals surface area (Å²) in [6, 6.07) is 5.76. The monoisotopic (exact) mass is 345 g/mol. The third-order valence-corrected chi connectivity index (χ3v) is 4.40. The second kappa shape index (κ2) is 7.50. The van der Waals surface area contributed by atoms with Gasteiger partial charge in [-0.25, -0.2) is 0 Å². The molecule has 0 saturated carbocycles. The molecule has 0 amide bonds. The Morgan fingerprint density at radius 1 is 1.19 bits per heavy atom. The predicted octanol–water partition coefficient (Wildman–Crippen LogP) is 4.76. The summed E-state index contributed by atoms with van der Waals surface area (Å²) in [5, 5.41) is 9.47. The minimum atomic E-state index is 0.0730. The Hall–Kier alpha value is -0.740. The van der Waals surface area contributed by atoms with Crippen LogP contribution >= 0.6 is 34.8 Å². The van der Waals surface area contributed by atoms with Crippen LogP contribution in [-0.4, -0.2) is 16.8 Å². The van der Waals surface area contributed by atoms with Crippen LogP contribution in [0.15, 0.2) is 24.4 Å². The highest BCUT2D eigenvalue weighted by molar-refractivity contribution is 6.42. The number of benzene rings is 1. The highest BCUT2D eigenvalue weighted by Crippen LogP contribution is 2.28. The first-order valence-corrected chi connectivity index (χ1v) is 8.02. The van der Waals surface area contributed by atoms with E-state index in [1.807, 2.05) is 29.9 Å². The Morgan fingerprint density at radius 2 is 1.95 bits per heavy atom. The quantitative estimate of drug-likeness (QED) is 0.817. The van der Waals surface area contributed by atoms with Gasteiger partial charge in [-0.2, -0.15) is 5.10 Å². The van der Waals surface area contributed by atoms with Crippen LogP contribution in [-0.2, 0) is 13.0 Å². The van der Waals surface area contributed by atoms with Gasteiger partial charge in [0.05, 0.1) is 33.0 Å². The molecule has 2 aromatic rings. The summed E-state index contributed by atoms with van der Waals surface area (Å²) < 4.78 is 1.96. The summed E-state index contributed by atoms with van der Waals surface area (Å²) in [7, 11) is 1.92. The van der Waals surface area contributed by atoms with E-state index >= 15 is 0 Å². The molecule has 3 nitrogen and oxygen atoms in total. The molecule has 1 aromatic heterocycles. The van der Waals surface area contributed by atoms with Gasteiger partial charge in [-0.15, -0.1) is 0 Å². The lowest BCUT2D eigenvalue weighted by Crippen LogP contribution is -2.23. The zero-order chi connectivity index (χ0) is 15.4. The van der Waals surface area contributed by atoms with Crippen LogP contribution in [0, 0.1) is 0 Å². The molecule has 21 heavy (non-hydrogen) atoms. The lowest BCUT2D eigenvalue weighted by Gasteiger charge is -2.19. The van der Waals surface area contributed by atoms with Crippen molar-refractivity contribution in [1.82, 2.24) is 15.1 Å². The molecule has 1 atom stereocenters. The van der Waals surface area contributed by atoms with Crippen molar-refractivity contribution in [1.29, 1.82) is 0 Å². The van der Waals surface area contributed by atoms with Crippen molar-refractivity contribution < 1.29 is 0 Å². The predicted molar refractivity (Wildman–Crippen MR) is 89.5 cm³/mol. The number of likely N-dealkylation sites (N-methyl/N-ethyl adjacent to an activating group) is 1. The first kappa shape index (κ1) is 16.6. The lowest BCUT2D eigenvalue weighted by atomic mass is 10.0. The largest absolute Gasteiger partial charge is 0.311 e. The highest BCUT2D eigenvalue weighted by atomic mass is 35.5. The van der Waals surface area contributed by atoms with Gasteiger partial charge >= 0.3 is 0 Å². The van der Waals surface area contributed by atoms with E-state index in [0.717, 1.165) is 30.6 Å². The normalized spacial score (nSPS) is 12.6. The Kier molecular flexibility index (Phi) is 5.94. The van der Waals surface area contributed by atoms with Crippen LogP contribution in [0.25, 0.3) is 0 Å². The number of aromatic nitrogens is 2. The molecule has 0 radical (unpaired) electrons. The Labute approximate surface area is 140 Å². The number of nitrogens with one attached hydrogen (secondary N) is 1. The zero-order valence-corrected chi connectivity index (χ0v) is 14.3. The van der Waals surface area contributed by atoms with Gasteiger partial charge in [0.15, 0.2) is 0 Å². The maximum atomic E-state index is 6.31. The molecule has 0 bridgehead atoms. The van der Waals surface area contributed by atoms with Crippen LogP contribution < -0.4 is 5.32 Å². The average Bonchev–Trinajstić information content (AvgIpc) is 2.82. The minimum absolute atomic E-state index is 0.0730. The maximum Gasteiger partial charge on any atom is 0.0834 e. The zero-order valence-electron chi connectivity index (χ0n) is 12.0. The smallest absolute Gasteiger partial charge is 0.0834 e. The second-order valence-corrected chi connectivity index (χ2v) is 6.12. The van der Waals surface area contributed by atoms with Gasteiger partial charge in [-0.1, -0.05) is 47.8 Å². The molecule has 1 N–H and O–H groups in total. The average molecular weight is 347 g/mol. The molecular weight excluding hydrogens is 329 g/mol. The van der Waals surface area contributed by atoms with Crippen LogP contribution in [0.1, 0.15) is 30.6 Å². The fourth-order valence-electron chi connectivity index (χ4n) is 2.35. The Bertz CT molecular complexity index is 610. The lowest BCUT2D eigenvalue weighted by molar-refractivity contribution is 0.497. The van der Waals surface area contributed by atoms with Crippen LogP contribution in [0.4, 0.5) is 0 Å². The molecule has 1 unspecified atom stereocenters. The molecule has 0 aliphatic rings. The SMILES string of the molecule is CCCn1ncc(Cl)c1C(Cc1ccc(Cl)c(Cl)c1)NC. The molecule has 6 heteroatoms. The molecule has 0 aliphatic carbocycles. The van der Waals surface area contributed by atoms with Gasteiger partial charge in [-0.05, 0) is 37.6 Å². The summed E-state index contributed by atoms with van der Waals surface area (Å²) in [5.41, 5.74) is 2.11. The molecule has 114 valence electrons. The topological polar surface area (TPSA) is 29.9 Å². The maximum absolute atomic E-state index is 6.31. The van der Waals surface area contributed by atoms with Crippen LogP contribution in [0.3, 0.4) is 0 Å². The van der Waals surface area contributed by atoms with E-state index in [-0.39, 0.29) is 6.04 Å². The van der Waals surface area contributed by atoms with Crippen LogP contribution in [0.5, 0.6) is 0 Å². The first-order valence-electron chi connectivity index (χ1n) is 6.89. The van der Waals surface area contributed by atoms with Gasteiger partial charge in [0.25, 0.3) is 0 Å². The number of hydrogen-bond acceptors (Lipinski definition) is 2. The summed E-state index contributed by atoms with van der Waals surface area (Å²) in [4.78, 5) is 0. The van der Waals surface area contributed by atoms with Crippen LogP contribution in [0.2, 0.25) is 15.1 Å². The number of hydrogen-bond donors (Lipinski definition) is 1. The number of nitrogens with zero attached hydrogens (tertiary/aromatic N) is 2. The van der Waals surface area contributed by atoms with Gasteiger partial charge in [0.2, 0.25) is 0 Å². The van der Waals surface area contributed by atoms with Gasteiger partial charge in [-0.3, -0.25) is 4.68 Å². The standard InChI is InChI=1S/C15H18Cl3N3/c1-3-6-21-15(13(18)9-20-21)14(19-2)8-10-4-5-11(16)12(17)7-10/h4-5,7,9,14,19H,3,6,8H2,1-2H3. The van der Waals surface area contributed by atoms with Crippen molar-refractivity contribution >= 4 is 34.8 Å². The van der Waals surface area contributed by atoms with E-state index < -0.39 is 0 Å².